The van der Waals surface area contributed by atoms with Gasteiger partial charge in [-0.1, -0.05) is 102 Å². The molecule has 1 N–H and O–H groups in total. The van der Waals surface area contributed by atoms with Crippen LogP contribution in [0.3, 0.4) is 0 Å². The molecule has 1 fully saturated rings. The van der Waals surface area contributed by atoms with Crippen molar-refractivity contribution in [3.8, 4) is 0 Å². The van der Waals surface area contributed by atoms with Gasteiger partial charge in [-0.3, -0.25) is 24.0 Å². The minimum absolute atomic E-state index is 0.108. The summed E-state index contributed by atoms with van der Waals surface area (Å²) in [6.07, 6.45) is 9.70. The quantitative estimate of drug-likeness (QED) is 0.0468. The van der Waals surface area contributed by atoms with Gasteiger partial charge in [0.05, 0.1) is 18.2 Å². The van der Waals surface area contributed by atoms with Gasteiger partial charge >= 0.3 is 29.8 Å². The zero-order valence-corrected chi connectivity index (χ0v) is 34.0. The molecule has 1 aromatic carbocycles. The summed E-state index contributed by atoms with van der Waals surface area (Å²) in [5.74, 6) is -4.00. The molecule has 1 heterocycles. The highest BCUT2D eigenvalue weighted by molar-refractivity contribution is 5.89. The second-order valence-electron chi connectivity index (χ2n) is 13.9. The number of carbonyl (C=O) groups excluding carboxylic acids is 6. The van der Waals surface area contributed by atoms with E-state index in [4.69, 9.17) is 33.2 Å². The summed E-state index contributed by atoms with van der Waals surface area (Å²) < 4.78 is 39.9. The van der Waals surface area contributed by atoms with Crippen LogP contribution in [0.5, 0.6) is 0 Å². The number of nitrogens with one attached hydrogen (secondary N) is 1. The monoisotopic (exact) mass is 789 g/mol. The first-order valence-electron chi connectivity index (χ1n) is 20.0. The first-order valence-corrected chi connectivity index (χ1v) is 20.0. The molecule has 7 atom stereocenters. The molecule has 1 aliphatic rings. The fourth-order valence-corrected chi connectivity index (χ4v) is 6.23. The van der Waals surface area contributed by atoms with Crippen LogP contribution in [0.15, 0.2) is 42.5 Å². The Kier molecular flexibility index (Phi) is 23.3. The lowest BCUT2D eigenvalue weighted by atomic mass is 9.98. The van der Waals surface area contributed by atoms with Crippen molar-refractivity contribution in [2.45, 2.75) is 168 Å². The van der Waals surface area contributed by atoms with E-state index in [0.717, 1.165) is 40.0 Å². The molecule has 314 valence electrons. The number of allylic oxidation sites excluding steroid dienone is 1. The third kappa shape index (κ3) is 19.0. The van der Waals surface area contributed by atoms with E-state index in [1.54, 1.807) is 43.3 Å². The van der Waals surface area contributed by atoms with Gasteiger partial charge in [-0.25, -0.2) is 4.79 Å². The molecule has 1 aliphatic heterocycles. The number of benzene rings is 1. The summed E-state index contributed by atoms with van der Waals surface area (Å²) in [5, 5.41) is 2.87. The highest BCUT2D eigenvalue weighted by atomic mass is 16.7. The van der Waals surface area contributed by atoms with Crippen LogP contribution in [0, 0.1) is 0 Å². The zero-order chi connectivity index (χ0) is 41.3. The summed E-state index contributed by atoms with van der Waals surface area (Å²) in [6.45, 7) is 7.64. The first-order chi connectivity index (χ1) is 26.9. The maximum absolute atomic E-state index is 13.3. The largest absolute Gasteiger partial charge is 0.463 e. The predicted molar refractivity (Wildman–Crippen MR) is 206 cm³/mol. The normalized spacial score (nSPS) is 20.4. The van der Waals surface area contributed by atoms with Crippen molar-refractivity contribution < 1.29 is 61.9 Å². The fourth-order valence-electron chi connectivity index (χ4n) is 6.23. The van der Waals surface area contributed by atoms with Crippen LogP contribution in [0.25, 0.3) is 0 Å². The molecule has 0 radical (unpaired) electrons. The number of amides is 1. The average molecular weight is 790 g/mol. The Balaban J connectivity index is 2.32. The summed E-state index contributed by atoms with van der Waals surface area (Å²) in [7, 11) is 0. The van der Waals surface area contributed by atoms with Crippen LogP contribution >= 0.6 is 0 Å². The van der Waals surface area contributed by atoms with Crippen molar-refractivity contribution in [2.24, 2.45) is 0 Å². The highest BCUT2D eigenvalue weighted by Gasteiger charge is 2.53. The molecule has 56 heavy (non-hydrogen) atoms. The fraction of sp³-hybridized carbons (Fsp3) is 0.667. The van der Waals surface area contributed by atoms with E-state index in [2.05, 4.69) is 12.2 Å². The molecule has 1 aromatic rings. The van der Waals surface area contributed by atoms with Crippen molar-refractivity contribution in [1.82, 2.24) is 5.32 Å². The number of carbonyl (C=O) groups is 6. The molecule has 1 amide bonds. The Hall–Kier alpha value is -4.30. The number of unbranched alkanes of at least 4 members (excludes halogenated alkanes) is 11. The van der Waals surface area contributed by atoms with Gasteiger partial charge < -0.3 is 38.5 Å². The van der Waals surface area contributed by atoms with Crippen molar-refractivity contribution in [3.63, 3.8) is 0 Å². The summed E-state index contributed by atoms with van der Waals surface area (Å²) in [5.41, 5.74) is 0.303. The minimum Gasteiger partial charge on any atom is -0.463 e. The Morgan fingerprint density at radius 1 is 0.714 bits per heavy atom. The van der Waals surface area contributed by atoms with E-state index in [1.165, 1.54) is 58.3 Å². The summed E-state index contributed by atoms with van der Waals surface area (Å²) in [4.78, 5) is 74.7. The molecule has 0 saturated carbocycles. The molecule has 1 saturated heterocycles. The molecule has 2 rings (SSSR count). The lowest BCUT2D eigenvalue weighted by Gasteiger charge is -2.44. The van der Waals surface area contributed by atoms with Gasteiger partial charge in [-0.2, -0.15) is 0 Å². The van der Waals surface area contributed by atoms with Gasteiger partial charge in [-0.05, 0) is 31.1 Å². The second kappa shape index (κ2) is 27.3. The minimum atomic E-state index is -1.50. The van der Waals surface area contributed by atoms with Gasteiger partial charge in [0.25, 0.3) is 0 Å². The molecule has 0 spiro atoms. The Morgan fingerprint density at radius 2 is 1.27 bits per heavy atom. The smallest absolute Gasteiger partial charge is 0.338 e. The van der Waals surface area contributed by atoms with E-state index in [1.807, 2.05) is 6.08 Å². The van der Waals surface area contributed by atoms with Crippen LogP contribution in [0.2, 0.25) is 0 Å². The van der Waals surface area contributed by atoms with Gasteiger partial charge in [0.2, 0.25) is 5.91 Å². The number of ether oxygens (including phenoxy) is 7. The molecule has 0 bridgehead atoms. The van der Waals surface area contributed by atoms with Gasteiger partial charge in [0.15, 0.2) is 24.6 Å². The molecular weight excluding hydrogens is 726 g/mol. The summed E-state index contributed by atoms with van der Waals surface area (Å²) >= 11 is 0. The molecular formula is C42H63NO13. The molecule has 14 heteroatoms. The van der Waals surface area contributed by atoms with E-state index in [0.29, 0.717) is 12.0 Å². The van der Waals surface area contributed by atoms with Crippen molar-refractivity contribution >= 4 is 35.8 Å². The van der Waals surface area contributed by atoms with Gasteiger partial charge in [-0.15, -0.1) is 0 Å². The third-order valence-corrected chi connectivity index (χ3v) is 9.01. The third-order valence-electron chi connectivity index (χ3n) is 9.01. The Bertz CT molecular complexity index is 1380. The van der Waals surface area contributed by atoms with E-state index in [9.17, 15) is 28.8 Å². The maximum Gasteiger partial charge on any atom is 0.338 e. The maximum atomic E-state index is 13.3. The number of hydrogen-bond donors (Lipinski definition) is 1. The Morgan fingerprint density at radius 3 is 1.82 bits per heavy atom. The van der Waals surface area contributed by atoms with Crippen molar-refractivity contribution in [2.75, 3.05) is 13.2 Å². The second-order valence-corrected chi connectivity index (χ2v) is 13.9. The van der Waals surface area contributed by atoms with Crippen LogP contribution in [-0.2, 0) is 57.1 Å². The Labute approximate surface area is 331 Å². The summed E-state index contributed by atoms with van der Waals surface area (Å²) in [6, 6.07) is 7.43. The first kappa shape index (κ1) is 47.9. The standard InChI is InChI=1S/C42H63NO13/c1-7-9-10-11-12-13-14-15-16-17-18-19-23-26-35(55-41(49)33-24-21-20-22-25-33)34(43-37(48)8-2)27-51-42-40(54-32(6)47)39(53-31(5)46)38(52-30(4)45)36(56-42)28-50-29(3)44/h20-26,34-36,38-40,42H,7-19,27-28H2,1-6H3,(H,43,48)/b26-23+/t34-,35+,36+,38-,39-,40+,42+/m0/s1. The molecule has 0 aliphatic carbocycles. The van der Waals surface area contributed by atoms with Gasteiger partial charge in [0.1, 0.15) is 18.8 Å². The van der Waals surface area contributed by atoms with Crippen LogP contribution < -0.4 is 5.32 Å². The van der Waals surface area contributed by atoms with Crippen LogP contribution in [0.4, 0.5) is 0 Å². The van der Waals surface area contributed by atoms with E-state index in [-0.39, 0.29) is 18.9 Å². The molecule has 0 unspecified atom stereocenters. The van der Waals surface area contributed by atoms with E-state index < -0.39 is 79.3 Å². The van der Waals surface area contributed by atoms with Crippen molar-refractivity contribution in [3.05, 3.63) is 48.0 Å². The zero-order valence-electron chi connectivity index (χ0n) is 34.0. The number of hydrogen-bond acceptors (Lipinski definition) is 13. The SMILES string of the molecule is CCCCCCCCCCCCC/C=C/[C@@H](OC(=O)c1ccccc1)[C@H](CO[C@@H]1O[C@H](COC(C)=O)[C@H](OC(C)=O)[C@H](OC(C)=O)[C@H]1OC(C)=O)NC(=O)CC. The number of esters is 5. The molecule has 0 aromatic heterocycles. The molecule has 14 nitrogen and oxygen atoms in total. The topological polar surface area (TPSA) is 179 Å². The predicted octanol–water partition coefficient (Wildman–Crippen LogP) is 6.46. The lowest BCUT2D eigenvalue weighted by Crippen LogP contribution is -2.63. The van der Waals surface area contributed by atoms with Crippen LogP contribution in [0.1, 0.15) is 135 Å². The van der Waals surface area contributed by atoms with Crippen molar-refractivity contribution in [1.29, 1.82) is 0 Å². The van der Waals surface area contributed by atoms with Crippen LogP contribution in [-0.4, -0.2) is 91.8 Å². The lowest BCUT2D eigenvalue weighted by molar-refractivity contribution is -0.309. The van der Waals surface area contributed by atoms with E-state index >= 15 is 0 Å². The van der Waals surface area contributed by atoms with Gasteiger partial charge in [0, 0.05) is 34.1 Å². The average Bonchev–Trinajstić information content (AvgIpc) is 3.15. The highest BCUT2D eigenvalue weighted by Crippen LogP contribution is 2.30. The number of rotatable bonds is 26.